The summed E-state index contributed by atoms with van der Waals surface area (Å²) in [6, 6.07) is 0. The molecule has 0 aromatic carbocycles. The van der Waals surface area contributed by atoms with Crippen molar-refractivity contribution < 1.29 is 17.9 Å². The number of nitrogens with one attached hydrogen (secondary N) is 1. The number of alkyl halides is 3. The summed E-state index contributed by atoms with van der Waals surface area (Å²) >= 11 is 0. The van der Waals surface area contributed by atoms with Gasteiger partial charge in [-0.15, -0.1) is 0 Å². The van der Waals surface area contributed by atoms with Crippen LogP contribution in [0.4, 0.5) is 13.2 Å². The summed E-state index contributed by atoms with van der Waals surface area (Å²) in [5, 5.41) is 3.08. The summed E-state index contributed by atoms with van der Waals surface area (Å²) in [5.74, 6) is 0.576. The first kappa shape index (κ1) is 12.2. The van der Waals surface area contributed by atoms with Gasteiger partial charge in [0.1, 0.15) is 0 Å². The first-order valence-corrected chi connectivity index (χ1v) is 5.85. The van der Waals surface area contributed by atoms with Crippen LogP contribution in [0.15, 0.2) is 0 Å². The van der Waals surface area contributed by atoms with E-state index in [1.165, 1.54) is 6.42 Å². The van der Waals surface area contributed by atoms with Gasteiger partial charge in [-0.05, 0) is 18.8 Å². The van der Waals surface area contributed by atoms with Crippen LogP contribution in [-0.4, -0.2) is 31.0 Å². The van der Waals surface area contributed by atoms with Gasteiger partial charge in [-0.25, -0.2) is 0 Å². The third kappa shape index (κ3) is 2.51. The number of morpholine rings is 1. The molecule has 1 saturated carbocycles. The highest BCUT2D eigenvalue weighted by atomic mass is 19.4. The summed E-state index contributed by atoms with van der Waals surface area (Å²) in [6.07, 6.45) is -1.76. The zero-order valence-corrected chi connectivity index (χ0v) is 9.44. The zero-order chi connectivity index (χ0) is 11.8. The molecule has 2 rings (SSSR count). The Morgan fingerprint density at radius 1 is 1.38 bits per heavy atom. The number of hydrogen-bond donors (Lipinski definition) is 1. The monoisotopic (exact) mass is 237 g/mol. The molecule has 94 valence electrons. The number of halogens is 3. The molecule has 0 bridgehead atoms. The van der Waals surface area contributed by atoms with Crippen LogP contribution >= 0.6 is 0 Å². The van der Waals surface area contributed by atoms with E-state index in [0.29, 0.717) is 5.92 Å². The second kappa shape index (κ2) is 4.18. The summed E-state index contributed by atoms with van der Waals surface area (Å²) < 4.78 is 42.2. The Morgan fingerprint density at radius 3 is 2.62 bits per heavy atom. The van der Waals surface area contributed by atoms with Crippen molar-refractivity contribution in [3.63, 3.8) is 0 Å². The molecule has 3 atom stereocenters. The lowest BCUT2D eigenvalue weighted by molar-refractivity contribution is -0.237. The van der Waals surface area contributed by atoms with Gasteiger partial charge in [0.05, 0.1) is 6.61 Å². The van der Waals surface area contributed by atoms with Crippen molar-refractivity contribution in [3.8, 4) is 0 Å². The molecule has 1 heterocycles. The minimum atomic E-state index is -4.24. The van der Waals surface area contributed by atoms with Crippen LogP contribution in [0.1, 0.15) is 32.6 Å². The fraction of sp³-hybridized carbons (Fsp3) is 1.00. The molecule has 5 heteroatoms. The van der Waals surface area contributed by atoms with Gasteiger partial charge < -0.3 is 10.1 Å². The molecule has 1 aliphatic heterocycles. The second-order valence-corrected chi connectivity index (χ2v) is 5.20. The van der Waals surface area contributed by atoms with E-state index in [4.69, 9.17) is 4.74 Å². The molecule has 1 spiro atoms. The van der Waals surface area contributed by atoms with Crippen molar-refractivity contribution in [2.45, 2.75) is 50.4 Å². The molecule has 2 nitrogen and oxygen atoms in total. The lowest BCUT2D eigenvalue weighted by Gasteiger charge is -2.45. The Bertz CT molecular complexity index is 246. The first-order chi connectivity index (χ1) is 7.41. The van der Waals surface area contributed by atoms with Gasteiger partial charge in [0, 0.05) is 12.1 Å². The Balaban J connectivity index is 1.93. The molecule has 0 aromatic rings. The molecule has 1 aliphatic carbocycles. The lowest BCUT2D eigenvalue weighted by Crippen LogP contribution is -2.61. The van der Waals surface area contributed by atoms with E-state index in [2.05, 4.69) is 12.2 Å². The quantitative estimate of drug-likeness (QED) is 0.699. The molecule has 0 amide bonds. The van der Waals surface area contributed by atoms with Crippen molar-refractivity contribution in [2.75, 3.05) is 13.2 Å². The van der Waals surface area contributed by atoms with Crippen molar-refractivity contribution in [1.29, 1.82) is 0 Å². The number of hydrogen-bond acceptors (Lipinski definition) is 2. The highest BCUT2D eigenvalue weighted by Gasteiger charge is 2.47. The van der Waals surface area contributed by atoms with Crippen molar-refractivity contribution in [3.05, 3.63) is 0 Å². The summed E-state index contributed by atoms with van der Waals surface area (Å²) in [5.41, 5.74) is -0.195. The lowest BCUT2D eigenvalue weighted by atomic mass is 9.76. The smallest absolute Gasteiger partial charge is 0.366 e. The zero-order valence-electron chi connectivity index (χ0n) is 9.44. The van der Waals surface area contributed by atoms with Gasteiger partial charge in [0.25, 0.3) is 0 Å². The minimum Gasteiger partial charge on any atom is -0.366 e. The molecule has 1 saturated heterocycles. The van der Waals surface area contributed by atoms with E-state index in [1.54, 1.807) is 0 Å². The number of rotatable bonds is 0. The topological polar surface area (TPSA) is 21.3 Å². The van der Waals surface area contributed by atoms with Crippen LogP contribution in [0.25, 0.3) is 0 Å². The molecule has 0 aromatic heterocycles. The highest BCUT2D eigenvalue weighted by molar-refractivity contribution is 4.97. The summed E-state index contributed by atoms with van der Waals surface area (Å²) in [7, 11) is 0. The molecule has 16 heavy (non-hydrogen) atoms. The van der Waals surface area contributed by atoms with Crippen LogP contribution in [-0.2, 0) is 4.74 Å². The van der Waals surface area contributed by atoms with Gasteiger partial charge in [-0.1, -0.05) is 19.8 Å². The molecule has 3 unspecified atom stereocenters. The van der Waals surface area contributed by atoms with E-state index in [1.807, 2.05) is 0 Å². The predicted molar refractivity (Wildman–Crippen MR) is 54.2 cm³/mol. The molecule has 2 fully saturated rings. The predicted octanol–water partition coefficient (Wildman–Crippen LogP) is 2.49. The maximum atomic E-state index is 12.4. The molecule has 0 radical (unpaired) electrons. The van der Waals surface area contributed by atoms with Crippen LogP contribution in [0.5, 0.6) is 0 Å². The van der Waals surface area contributed by atoms with Crippen LogP contribution < -0.4 is 5.32 Å². The largest absolute Gasteiger partial charge is 0.415 e. The van der Waals surface area contributed by atoms with Gasteiger partial charge in [-0.2, -0.15) is 13.2 Å². The SMILES string of the molecule is CC1CCCC2(COC(C(F)(F)F)CN2)C1. The van der Waals surface area contributed by atoms with Crippen LogP contribution in [0.2, 0.25) is 0 Å². The maximum Gasteiger partial charge on any atom is 0.415 e. The average molecular weight is 237 g/mol. The second-order valence-electron chi connectivity index (χ2n) is 5.20. The van der Waals surface area contributed by atoms with E-state index in [-0.39, 0.29) is 18.7 Å². The molecular formula is C11H18F3NO. The van der Waals surface area contributed by atoms with Gasteiger partial charge in [0.2, 0.25) is 0 Å². The fourth-order valence-electron chi connectivity index (χ4n) is 2.84. The third-order valence-electron chi connectivity index (χ3n) is 3.68. The Hall–Kier alpha value is -0.290. The van der Waals surface area contributed by atoms with Crippen molar-refractivity contribution in [1.82, 2.24) is 5.32 Å². The molecule has 2 aliphatic rings. The van der Waals surface area contributed by atoms with E-state index < -0.39 is 12.3 Å². The Kier molecular flexibility index (Phi) is 3.18. The first-order valence-electron chi connectivity index (χ1n) is 5.85. The molecular weight excluding hydrogens is 219 g/mol. The normalized spacial score (nSPS) is 41.2. The van der Waals surface area contributed by atoms with Crippen LogP contribution in [0, 0.1) is 5.92 Å². The fourth-order valence-corrected chi connectivity index (χ4v) is 2.84. The summed E-state index contributed by atoms with van der Waals surface area (Å²) in [4.78, 5) is 0. The van der Waals surface area contributed by atoms with E-state index >= 15 is 0 Å². The van der Waals surface area contributed by atoms with E-state index in [0.717, 1.165) is 19.3 Å². The number of ether oxygens (including phenoxy) is 1. The molecule has 1 N–H and O–H groups in total. The van der Waals surface area contributed by atoms with E-state index in [9.17, 15) is 13.2 Å². The van der Waals surface area contributed by atoms with Crippen molar-refractivity contribution >= 4 is 0 Å². The average Bonchev–Trinajstić information content (AvgIpc) is 2.16. The Morgan fingerprint density at radius 2 is 2.12 bits per heavy atom. The third-order valence-corrected chi connectivity index (χ3v) is 3.68. The maximum absolute atomic E-state index is 12.4. The van der Waals surface area contributed by atoms with Crippen LogP contribution in [0.3, 0.4) is 0 Å². The van der Waals surface area contributed by atoms with Gasteiger partial charge in [0.15, 0.2) is 6.10 Å². The Labute approximate surface area is 93.5 Å². The van der Waals surface area contributed by atoms with Gasteiger partial charge >= 0.3 is 6.18 Å². The minimum absolute atomic E-state index is 0.101. The highest BCUT2D eigenvalue weighted by Crippen LogP contribution is 2.36. The van der Waals surface area contributed by atoms with Crippen molar-refractivity contribution in [2.24, 2.45) is 5.92 Å². The van der Waals surface area contributed by atoms with Gasteiger partial charge in [-0.3, -0.25) is 0 Å². The standard InChI is InChI=1S/C11H18F3NO/c1-8-3-2-4-10(5-8)7-16-9(6-15-10)11(12,13)14/h8-9,15H,2-7H2,1H3. The summed E-state index contributed by atoms with van der Waals surface area (Å²) in [6.45, 7) is 2.25.